The Morgan fingerprint density at radius 1 is 1.14 bits per heavy atom. The van der Waals surface area contributed by atoms with E-state index in [2.05, 4.69) is 0 Å². The van der Waals surface area contributed by atoms with E-state index in [1.165, 1.54) is 0 Å². The van der Waals surface area contributed by atoms with Crippen molar-refractivity contribution in [2.45, 2.75) is 57.6 Å². The summed E-state index contributed by atoms with van der Waals surface area (Å²) < 4.78 is 17.1. The molecule has 2 aliphatic heterocycles. The van der Waals surface area contributed by atoms with E-state index >= 15 is 0 Å². The molecule has 6 heteroatoms. The second-order valence-electron chi connectivity index (χ2n) is 7.84. The Kier molecular flexibility index (Phi) is 5.06. The summed E-state index contributed by atoms with van der Waals surface area (Å²) in [6.45, 7) is 5.49. The molecule has 2 fully saturated rings. The Balaban J connectivity index is 1.59. The maximum atomic E-state index is 13.2. The Morgan fingerprint density at radius 2 is 1.86 bits per heavy atom. The maximum absolute atomic E-state index is 13.2. The summed E-state index contributed by atoms with van der Waals surface area (Å²) in [5, 5.41) is 11.3. The van der Waals surface area contributed by atoms with E-state index in [-0.39, 0.29) is 5.78 Å². The number of hydrogen-bond donors (Lipinski definition) is 1. The average Bonchev–Trinajstić information content (AvgIpc) is 3.09. The molecule has 2 aromatic rings. The molecule has 0 aromatic heterocycles. The highest BCUT2D eigenvalue weighted by Gasteiger charge is 2.56. The Hall–Kier alpha value is -1.76. The second kappa shape index (κ2) is 7.25. The number of benzene rings is 2. The number of fused-ring (bicyclic) bond motifs is 1. The number of aliphatic hydroxyl groups is 1. The lowest BCUT2D eigenvalue weighted by atomic mass is 9.92. The van der Waals surface area contributed by atoms with E-state index in [9.17, 15) is 9.90 Å². The van der Waals surface area contributed by atoms with E-state index in [0.29, 0.717) is 17.0 Å². The smallest absolute Gasteiger partial charge is 0.194 e. The number of aliphatic hydroxyl groups excluding tert-OH is 1. The Bertz CT molecular complexity index is 892. The molecule has 5 nitrogen and oxygen atoms in total. The minimum absolute atomic E-state index is 0.268. The second-order valence-corrected chi connectivity index (χ2v) is 8.28. The number of carbonyl (C=O) groups is 1. The van der Waals surface area contributed by atoms with Crippen molar-refractivity contribution in [2.75, 3.05) is 0 Å². The van der Waals surface area contributed by atoms with Crippen LogP contribution in [0.25, 0.3) is 0 Å². The fourth-order valence-corrected chi connectivity index (χ4v) is 3.92. The van der Waals surface area contributed by atoms with Crippen LogP contribution in [0, 0.1) is 6.92 Å². The first-order valence-corrected chi connectivity index (χ1v) is 9.69. The molecule has 2 aromatic carbocycles. The van der Waals surface area contributed by atoms with Gasteiger partial charge in [0.05, 0.1) is 0 Å². The van der Waals surface area contributed by atoms with Crippen LogP contribution in [0.2, 0.25) is 5.02 Å². The third kappa shape index (κ3) is 3.73. The van der Waals surface area contributed by atoms with Crippen molar-refractivity contribution < 1.29 is 24.1 Å². The highest BCUT2D eigenvalue weighted by molar-refractivity contribution is 6.30. The number of Topliss-reactive ketones (excluding diaryl/α,β-unsaturated/α-hetero) is 1. The minimum Gasteiger partial charge on any atom is -0.387 e. The first-order chi connectivity index (χ1) is 13.2. The first-order valence-electron chi connectivity index (χ1n) is 9.31. The van der Waals surface area contributed by atoms with Crippen LogP contribution in [0.15, 0.2) is 42.5 Å². The van der Waals surface area contributed by atoms with Gasteiger partial charge in [-0.05, 0) is 50.5 Å². The van der Waals surface area contributed by atoms with E-state index in [1.54, 1.807) is 19.9 Å². The van der Waals surface area contributed by atoms with Crippen molar-refractivity contribution in [1.82, 2.24) is 0 Å². The number of halogens is 1. The van der Waals surface area contributed by atoms with E-state index in [1.807, 2.05) is 43.3 Å². The number of ketones is 1. The van der Waals surface area contributed by atoms with E-state index in [0.717, 1.165) is 16.7 Å². The van der Waals surface area contributed by atoms with Gasteiger partial charge in [-0.2, -0.15) is 0 Å². The fraction of sp³-hybridized carbons (Fsp3) is 0.409. The van der Waals surface area contributed by atoms with Gasteiger partial charge in [-0.3, -0.25) is 4.79 Å². The third-order valence-corrected chi connectivity index (χ3v) is 5.36. The Labute approximate surface area is 169 Å². The lowest BCUT2D eigenvalue weighted by Gasteiger charge is -2.23. The van der Waals surface area contributed by atoms with Crippen LogP contribution in [0.5, 0.6) is 0 Å². The van der Waals surface area contributed by atoms with Gasteiger partial charge >= 0.3 is 0 Å². The minimum atomic E-state index is -1.08. The number of carbonyl (C=O) groups excluding carboxylic acids is 1. The van der Waals surface area contributed by atoms with Crippen molar-refractivity contribution in [1.29, 1.82) is 0 Å². The van der Waals surface area contributed by atoms with Gasteiger partial charge in [0.15, 0.2) is 24.0 Å². The van der Waals surface area contributed by atoms with Crippen molar-refractivity contribution in [3.63, 3.8) is 0 Å². The highest BCUT2D eigenvalue weighted by atomic mass is 35.5. The highest BCUT2D eigenvalue weighted by Crippen LogP contribution is 2.38. The molecule has 0 unspecified atom stereocenters. The standard InChI is InChI=1S/C22H23ClO5/c1-12-4-9-16(14(10-12)11-13-5-7-15(23)8-6-13)17(24)19-18(25)20-21(26-19)28-22(2,3)27-20/h4-10,18-21,25H,11H2,1-3H3/t18-,19+,20+,21+/m1/s1. The van der Waals surface area contributed by atoms with Crippen LogP contribution in [-0.4, -0.2) is 41.3 Å². The van der Waals surface area contributed by atoms with Gasteiger partial charge in [0, 0.05) is 10.6 Å². The number of aryl methyl sites for hydroxylation is 1. The predicted octanol–water partition coefficient (Wildman–Crippen LogP) is 3.66. The zero-order valence-corrected chi connectivity index (χ0v) is 16.8. The van der Waals surface area contributed by atoms with E-state index < -0.39 is 30.4 Å². The lowest BCUT2D eigenvalue weighted by Crippen LogP contribution is -2.39. The molecule has 4 rings (SSSR count). The molecule has 0 aliphatic carbocycles. The molecule has 2 aliphatic rings. The van der Waals surface area contributed by atoms with Gasteiger partial charge in [-0.1, -0.05) is 47.5 Å². The van der Waals surface area contributed by atoms with Crippen LogP contribution < -0.4 is 0 Å². The molecule has 2 saturated heterocycles. The van der Waals surface area contributed by atoms with Crippen LogP contribution >= 0.6 is 11.6 Å². The monoisotopic (exact) mass is 402 g/mol. The molecule has 0 spiro atoms. The van der Waals surface area contributed by atoms with Gasteiger partial charge in [0.2, 0.25) is 0 Å². The largest absolute Gasteiger partial charge is 0.387 e. The van der Waals surface area contributed by atoms with Crippen LogP contribution in [0.3, 0.4) is 0 Å². The fourth-order valence-electron chi connectivity index (χ4n) is 3.79. The van der Waals surface area contributed by atoms with Crippen molar-refractivity contribution >= 4 is 17.4 Å². The first kappa shape index (κ1) is 19.6. The summed E-state index contributed by atoms with van der Waals surface area (Å²) in [5.41, 5.74) is 3.51. The summed E-state index contributed by atoms with van der Waals surface area (Å²) in [5.74, 6) is -1.11. The van der Waals surface area contributed by atoms with Gasteiger partial charge in [-0.25, -0.2) is 0 Å². The zero-order valence-electron chi connectivity index (χ0n) is 16.0. The predicted molar refractivity (Wildman–Crippen MR) is 104 cm³/mol. The zero-order chi connectivity index (χ0) is 20.1. The summed E-state index contributed by atoms with van der Waals surface area (Å²) in [7, 11) is 0. The summed E-state index contributed by atoms with van der Waals surface area (Å²) in [6, 6.07) is 13.2. The quantitative estimate of drug-likeness (QED) is 0.790. The molecule has 0 bridgehead atoms. The van der Waals surface area contributed by atoms with E-state index in [4.69, 9.17) is 25.8 Å². The Morgan fingerprint density at radius 3 is 2.54 bits per heavy atom. The topological polar surface area (TPSA) is 65.0 Å². The molecule has 0 amide bonds. The van der Waals surface area contributed by atoms with Crippen molar-refractivity contribution in [3.8, 4) is 0 Å². The molecule has 0 saturated carbocycles. The number of rotatable bonds is 4. The number of hydrogen-bond acceptors (Lipinski definition) is 5. The van der Waals surface area contributed by atoms with Crippen molar-refractivity contribution in [3.05, 3.63) is 69.7 Å². The van der Waals surface area contributed by atoms with Crippen LogP contribution in [-0.2, 0) is 20.6 Å². The number of ether oxygens (including phenoxy) is 3. The molecule has 2 heterocycles. The summed E-state index contributed by atoms with van der Waals surface area (Å²) in [6.07, 6.45) is -2.93. The summed E-state index contributed by atoms with van der Waals surface area (Å²) in [4.78, 5) is 13.2. The van der Waals surface area contributed by atoms with Crippen LogP contribution in [0.1, 0.15) is 40.9 Å². The van der Waals surface area contributed by atoms with Gasteiger partial charge in [-0.15, -0.1) is 0 Å². The molecular weight excluding hydrogens is 380 g/mol. The van der Waals surface area contributed by atoms with Crippen LogP contribution in [0.4, 0.5) is 0 Å². The van der Waals surface area contributed by atoms with Gasteiger partial charge in [0.25, 0.3) is 0 Å². The SMILES string of the molecule is Cc1ccc(C(=O)[C@@H]2O[C@H]3OC(C)(C)O[C@H]3[C@@H]2O)c(Cc2ccc(Cl)cc2)c1. The van der Waals surface area contributed by atoms with Gasteiger partial charge in [0.1, 0.15) is 12.2 Å². The maximum Gasteiger partial charge on any atom is 0.194 e. The lowest BCUT2D eigenvalue weighted by molar-refractivity contribution is -0.208. The summed E-state index contributed by atoms with van der Waals surface area (Å²) >= 11 is 5.97. The average molecular weight is 403 g/mol. The van der Waals surface area contributed by atoms with Crippen molar-refractivity contribution in [2.24, 2.45) is 0 Å². The molecule has 0 radical (unpaired) electrons. The normalized spacial score (nSPS) is 28.3. The molecule has 148 valence electrons. The molecular formula is C22H23ClO5. The van der Waals surface area contributed by atoms with Gasteiger partial charge < -0.3 is 19.3 Å². The molecule has 28 heavy (non-hydrogen) atoms. The molecule has 4 atom stereocenters. The molecule has 1 N–H and O–H groups in total. The third-order valence-electron chi connectivity index (χ3n) is 5.11.